The molecule has 0 radical (unpaired) electrons. The van der Waals surface area contributed by atoms with Crippen molar-refractivity contribution in [1.82, 2.24) is 0 Å². The summed E-state index contributed by atoms with van der Waals surface area (Å²) < 4.78 is 13.1. The number of nitrogens with one attached hydrogen (secondary N) is 1. The molecule has 6 heteroatoms. The van der Waals surface area contributed by atoms with Crippen molar-refractivity contribution >= 4 is 17.5 Å². The number of primary amides is 1. The van der Waals surface area contributed by atoms with Gasteiger partial charge in [0.25, 0.3) is 0 Å². The van der Waals surface area contributed by atoms with E-state index in [1.807, 2.05) is 6.07 Å². The zero-order chi connectivity index (χ0) is 17.5. The first-order chi connectivity index (χ1) is 11.5. The molecule has 0 aliphatic carbocycles. The number of hydrogen-bond donors (Lipinski definition) is 3. The number of halogens is 1. The van der Waals surface area contributed by atoms with E-state index in [0.29, 0.717) is 17.8 Å². The van der Waals surface area contributed by atoms with Crippen molar-refractivity contribution in [3.63, 3.8) is 0 Å². The summed E-state index contributed by atoms with van der Waals surface area (Å²) in [5.74, 6) is -1.54. The molecule has 2 rings (SSSR count). The first kappa shape index (κ1) is 17.6. The van der Waals surface area contributed by atoms with Crippen molar-refractivity contribution in [3.8, 4) is 0 Å². The molecule has 126 valence electrons. The standard InChI is InChI=1S/C18H20FN3O2/c19-15-6-4-13(5-7-15)14(9-17(21)23)10-18(24)22-16-3-1-2-12(8-16)11-20/h1-8,14H,9-11,20H2,(H2,21,23)(H,22,24)/t14-/m0/s1. The highest BCUT2D eigenvalue weighted by Gasteiger charge is 2.19. The summed E-state index contributed by atoms with van der Waals surface area (Å²) in [4.78, 5) is 23.6. The predicted molar refractivity (Wildman–Crippen MR) is 90.5 cm³/mol. The van der Waals surface area contributed by atoms with E-state index in [9.17, 15) is 14.0 Å². The maximum atomic E-state index is 13.1. The molecule has 0 spiro atoms. The second kappa shape index (κ2) is 8.21. The molecule has 5 N–H and O–H groups in total. The van der Waals surface area contributed by atoms with Gasteiger partial charge in [-0.25, -0.2) is 4.39 Å². The molecule has 0 fully saturated rings. The van der Waals surface area contributed by atoms with E-state index in [-0.39, 0.29) is 24.6 Å². The molecular weight excluding hydrogens is 309 g/mol. The average Bonchev–Trinajstić information content (AvgIpc) is 2.54. The average molecular weight is 329 g/mol. The van der Waals surface area contributed by atoms with Crippen LogP contribution >= 0.6 is 0 Å². The number of carbonyl (C=O) groups excluding carboxylic acids is 2. The molecule has 0 aliphatic rings. The summed E-state index contributed by atoms with van der Waals surface area (Å²) in [6.45, 7) is 0.379. The Morgan fingerprint density at radius 3 is 2.42 bits per heavy atom. The Hall–Kier alpha value is -2.73. The number of benzene rings is 2. The fourth-order valence-corrected chi connectivity index (χ4v) is 2.50. The molecule has 5 nitrogen and oxygen atoms in total. The largest absolute Gasteiger partial charge is 0.370 e. The third kappa shape index (κ3) is 5.17. The lowest BCUT2D eigenvalue weighted by Crippen LogP contribution is -2.21. The first-order valence-electron chi connectivity index (χ1n) is 7.60. The minimum atomic E-state index is -0.512. The Bertz CT molecular complexity index is 716. The third-order valence-electron chi connectivity index (χ3n) is 3.67. The van der Waals surface area contributed by atoms with Crippen LogP contribution in [0.2, 0.25) is 0 Å². The Morgan fingerprint density at radius 2 is 1.79 bits per heavy atom. The zero-order valence-electron chi connectivity index (χ0n) is 13.2. The summed E-state index contributed by atoms with van der Waals surface area (Å²) >= 11 is 0. The van der Waals surface area contributed by atoms with Crippen LogP contribution in [0.25, 0.3) is 0 Å². The van der Waals surface area contributed by atoms with Crippen molar-refractivity contribution < 1.29 is 14.0 Å². The highest BCUT2D eigenvalue weighted by Crippen LogP contribution is 2.24. The number of anilines is 1. The van der Waals surface area contributed by atoms with Gasteiger partial charge in [-0.05, 0) is 35.4 Å². The van der Waals surface area contributed by atoms with E-state index >= 15 is 0 Å². The lowest BCUT2D eigenvalue weighted by atomic mass is 9.92. The summed E-state index contributed by atoms with van der Waals surface area (Å²) in [6.07, 6.45) is 0.0866. The van der Waals surface area contributed by atoms with Gasteiger partial charge in [-0.1, -0.05) is 24.3 Å². The molecule has 2 aromatic carbocycles. The smallest absolute Gasteiger partial charge is 0.225 e. The molecule has 1 atom stereocenters. The monoisotopic (exact) mass is 329 g/mol. The highest BCUT2D eigenvalue weighted by atomic mass is 19.1. The van der Waals surface area contributed by atoms with Crippen LogP contribution in [0, 0.1) is 5.82 Å². The van der Waals surface area contributed by atoms with E-state index in [1.165, 1.54) is 12.1 Å². The van der Waals surface area contributed by atoms with Gasteiger partial charge in [0, 0.05) is 31.0 Å². The second-order valence-electron chi connectivity index (χ2n) is 5.58. The second-order valence-corrected chi connectivity index (χ2v) is 5.58. The first-order valence-corrected chi connectivity index (χ1v) is 7.60. The fourth-order valence-electron chi connectivity index (χ4n) is 2.50. The third-order valence-corrected chi connectivity index (χ3v) is 3.67. The molecule has 0 aliphatic heterocycles. The van der Waals surface area contributed by atoms with Crippen LogP contribution in [-0.2, 0) is 16.1 Å². The number of rotatable bonds is 7. The molecular formula is C18H20FN3O2. The van der Waals surface area contributed by atoms with E-state index in [2.05, 4.69) is 5.32 Å². The van der Waals surface area contributed by atoms with Crippen molar-refractivity contribution in [2.24, 2.45) is 11.5 Å². The van der Waals surface area contributed by atoms with Crippen LogP contribution < -0.4 is 16.8 Å². The van der Waals surface area contributed by atoms with Gasteiger partial charge >= 0.3 is 0 Å². The number of carbonyl (C=O) groups is 2. The van der Waals surface area contributed by atoms with Gasteiger partial charge in [0.2, 0.25) is 11.8 Å². The normalized spacial score (nSPS) is 11.8. The summed E-state index contributed by atoms with van der Waals surface area (Å²) in [7, 11) is 0. The van der Waals surface area contributed by atoms with E-state index in [1.54, 1.807) is 30.3 Å². The van der Waals surface area contributed by atoms with Crippen molar-refractivity contribution in [2.45, 2.75) is 25.3 Å². The lowest BCUT2D eigenvalue weighted by molar-refractivity contribution is -0.119. The molecule has 24 heavy (non-hydrogen) atoms. The van der Waals surface area contributed by atoms with Crippen molar-refractivity contribution in [1.29, 1.82) is 0 Å². The maximum absolute atomic E-state index is 13.1. The van der Waals surface area contributed by atoms with Gasteiger partial charge in [0.15, 0.2) is 0 Å². The van der Waals surface area contributed by atoms with E-state index in [0.717, 1.165) is 5.56 Å². The molecule has 2 amide bonds. The maximum Gasteiger partial charge on any atom is 0.225 e. The zero-order valence-corrected chi connectivity index (χ0v) is 13.2. The fraction of sp³-hybridized carbons (Fsp3) is 0.222. The minimum absolute atomic E-state index is 0.0158. The SMILES string of the molecule is NCc1cccc(NC(=O)C[C@H](CC(N)=O)c2ccc(F)cc2)c1. The van der Waals surface area contributed by atoms with Gasteiger partial charge in [-0.15, -0.1) is 0 Å². The molecule has 0 heterocycles. The molecule has 0 unspecified atom stereocenters. The van der Waals surface area contributed by atoms with Gasteiger partial charge in [0.1, 0.15) is 5.82 Å². The van der Waals surface area contributed by atoms with Crippen molar-refractivity contribution in [2.75, 3.05) is 5.32 Å². The summed E-state index contributed by atoms with van der Waals surface area (Å²) in [5.41, 5.74) is 13.1. The molecule has 0 bridgehead atoms. The Balaban J connectivity index is 2.08. The van der Waals surface area contributed by atoms with Crippen LogP contribution in [0.4, 0.5) is 10.1 Å². The quantitative estimate of drug-likeness (QED) is 0.726. The number of nitrogens with two attached hydrogens (primary N) is 2. The van der Waals surface area contributed by atoms with E-state index < -0.39 is 11.8 Å². The molecule has 0 saturated heterocycles. The highest BCUT2D eigenvalue weighted by molar-refractivity contribution is 5.91. The van der Waals surface area contributed by atoms with Crippen LogP contribution in [0.15, 0.2) is 48.5 Å². The summed E-state index contributed by atoms with van der Waals surface area (Å²) in [5, 5.41) is 2.78. The minimum Gasteiger partial charge on any atom is -0.370 e. The number of amides is 2. The topological polar surface area (TPSA) is 98.2 Å². The van der Waals surface area contributed by atoms with Gasteiger partial charge in [-0.2, -0.15) is 0 Å². The lowest BCUT2D eigenvalue weighted by Gasteiger charge is -2.16. The Labute approximate surface area is 139 Å². The molecule has 0 saturated carbocycles. The van der Waals surface area contributed by atoms with Gasteiger partial charge in [-0.3, -0.25) is 9.59 Å². The van der Waals surface area contributed by atoms with Gasteiger partial charge < -0.3 is 16.8 Å². The van der Waals surface area contributed by atoms with E-state index in [4.69, 9.17) is 11.5 Å². The Kier molecular flexibility index (Phi) is 6.03. The Morgan fingerprint density at radius 1 is 1.08 bits per heavy atom. The molecule has 0 aromatic heterocycles. The molecule has 2 aromatic rings. The predicted octanol–water partition coefficient (Wildman–Crippen LogP) is 2.27. The van der Waals surface area contributed by atoms with Crippen molar-refractivity contribution in [3.05, 3.63) is 65.5 Å². The summed E-state index contributed by atoms with van der Waals surface area (Å²) in [6, 6.07) is 12.9. The van der Waals surface area contributed by atoms with Gasteiger partial charge in [0.05, 0.1) is 0 Å². The van der Waals surface area contributed by atoms with Crippen LogP contribution in [-0.4, -0.2) is 11.8 Å². The van der Waals surface area contributed by atoms with Crippen LogP contribution in [0.1, 0.15) is 29.9 Å². The number of hydrogen-bond acceptors (Lipinski definition) is 3. The van der Waals surface area contributed by atoms with Crippen LogP contribution in [0.3, 0.4) is 0 Å². The van der Waals surface area contributed by atoms with Crippen LogP contribution in [0.5, 0.6) is 0 Å².